The van der Waals surface area contributed by atoms with Crippen molar-refractivity contribution >= 4 is 11.4 Å². The molecular weight excluding hydrogens is 140 g/mol. The minimum Gasteiger partial charge on any atom is -0.397 e. The summed E-state index contributed by atoms with van der Waals surface area (Å²) in [5.74, 6) is 0. The van der Waals surface area contributed by atoms with Crippen molar-refractivity contribution < 1.29 is 5.11 Å². The van der Waals surface area contributed by atoms with Crippen molar-refractivity contribution in [3.63, 3.8) is 0 Å². The first-order valence-corrected chi connectivity index (χ1v) is 3.54. The van der Waals surface area contributed by atoms with E-state index >= 15 is 0 Å². The Hall–Kier alpha value is -1.22. The summed E-state index contributed by atoms with van der Waals surface area (Å²) in [6, 6.07) is 7.47. The van der Waals surface area contributed by atoms with Crippen LogP contribution >= 0.6 is 0 Å². The summed E-state index contributed by atoms with van der Waals surface area (Å²) >= 11 is 0. The minimum atomic E-state index is 0.119. The van der Waals surface area contributed by atoms with Gasteiger partial charge in [0.05, 0.1) is 18.0 Å². The van der Waals surface area contributed by atoms with E-state index in [4.69, 9.17) is 10.8 Å². The Morgan fingerprint density at radius 1 is 1.36 bits per heavy atom. The van der Waals surface area contributed by atoms with Crippen LogP contribution < -0.4 is 11.1 Å². The van der Waals surface area contributed by atoms with E-state index < -0.39 is 0 Å². The molecule has 0 aliphatic heterocycles. The highest BCUT2D eigenvalue weighted by Gasteiger charge is 1.93. The number of para-hydroxylation sites is 2. The Morgan fingerprint density at radius 3 is 2.73 bits per heavy atom. The maximum absolute atomic E-state index is 8.52. The molecule has 11 heavy (non-hydrogen) atoms. The highest BCUT2D eigenvalue weighted by Crippen LogP contribution is 2.15. The van der Waals surface area contributed by atoms with Crippen molar-refractivity contribution in [1.29, 1.82) is 0 Å². The average Bonchev–Trinajstić information content (AvgIpc) is 2.03. The third kappa shape index (κ3) is 2.13. The van der Waals surface area contributed by atoms with E-state index in [-0.39, 0.29) is 6.61 Å². The van der Waals surface area contributed by atoms with Gasteiger partial charge in [0.25, 0.3) is 0 Å². The lowest BCUT2D eigenvalue weighted by Gasteiger charge is -2.06. The number of nitrogens with two attached hydrogens (primary N) is 1. The molecule has 0 unspecified atom stereocenters. The van der Waals surface area contributed by atoms with Crippen LogP contribution in [-0.2, 0) is 0 Å². The van der Waals surface area contributed by atoms with E-state index in [1.807, 2.05) is 24.3 Å². The number of anilines is 2. The van der Waals surface area contributed by atoms with Crippen LogP contribution in [0.2, 0.25) is 0 Å². The zero-order valence-corrected chi connectivity index (χ0v) is 6.25. The Balaban J connectivity index is 2.62. The van der Waals surface area contributed by atoms with Crippen LogP contribution in [0.5, 0.6) is 0 Å². The summed E-state index contributed by atoms with van der Waals surface area (Å²) in [6.07, 6.45) is 0. The number of nitrogens with one attached hydrogen (secondary N) is 1. The van der Waals surface area contributed by atoms with Gasteiger partial charge in [0.2, 0.25) is 0 Å². The van der Waals surface area contributed by atoms with Gasteiger partial charge < -0.3 is 16.2 Å². The molecule has 60 valence electrons. The lowest BCUT2D eigenvalue weighted by molar-refractivity contribution is 0.311. The average molecular weight is 152 g/mol. The highest BCUT2D eigenvalue weighted by molar-refractivity contribution is 5.65. The summed E-state index contributed by atoms with van der Waals surface area (Å²) in [5.41, 5.74) is 7.20. The second-order valence-electron chi connectivity index (χ2n) is 2.24. The fraction of sp³-hybridized carbons (Fsp3) is 0.250. The van der Waals surface area contributed by atoms with Crippen LogP contribution in [0.4, 0.5) is 11.4 Å². The molecule has 0 aromatic heterocycles. The molecule has 0 amide bonds. The fourth-order valence-corrected chi connectivity index (χ4v) is 0.849. The molecule has 3 nitrogen and oxygen atoms in total. The number of benzene rings is 1. The largest absolute Gasteiger partial charge is 0.397 e. The van der Waals surface area contributed by atoms with Crippen molar-refractivity contribution in [2.24, 2.45) is 0 Å². The standard InChI is InChI=1S/C8H12N2O/c9-7-3-1-2-4-8(7)10-5-6-11/h1-4,10-11H,5-6,9H2. The van der Waals surface area contributed by atoms with E-state index in [0.29, 0.717) is 12.2 Å². The molecule has 0 saturated carbocycles. The molecule has 1 rings (SSSR count). The quantitative estimate of drug-likeness (QED) is 0.558. The summed E-state index contributed by atoms with van der Waals surface area (Å²) in [7, 11) is 0. The molecule has 0 aliphatic rings. The topological polar surface area (TPSA) is 58.3 Å². The zero-order chi connectivity index (χ0) is 8.10. The third-order valence-electron chi connectivity index (χ3n) is 1.39. The first-order valence-electron chi connectivity index (χ1n) is 3.54. The zero-order valence-electron chi connectivity index (χ0n) is 6.25. The third-order valence-corrected chi connectivity index (χ3v) is 1.39. The molecule has 3 heteroatoms. The van der Waals surface area contributed by atoms with Crippen LogP contribution in [0.25, 0.3) is 0 Å². The maximum atomic E-state index is 8.52. The van der Waals surface area contributed by atoms with Crippen molar-refractivity contribution in [1.82, 2.24) is 0 Å². The van der Waals surface area contributed by atoms with Crippen LogP contribution in [0.3, 0.4) is 0 Å². The number of aliphatic hydroxyl groups excluding tert-OH is 1. The van der Waals surface area contributed by atoms with Gasteiger partial charge in [-0.25, -0.2) is 0 Å². The SMILES string of the molecule is Nc1ccccc1NCCO. The molecular formula is C8H12N2O. The monoisotopic (exact) mass is 152 g/mol. The van der Waals surface area contributed by atoms with Gasteiger partial charge in [0.1, 0.15) is 0 Å². The van der Waals surface area contributed by atoms with E-state index in [0.717, 1.165) is 5.69 Å². The minimum absolute atomic E-state index is 0.119. The maximum Gasteiger partial charge on any atom is 0.0604 e. The summed E-state index contributed by atoms with van der Waals surface area (Å²) in [6.45, 7) is 0.655. The van der Waals surface area contributed by atoms with Gasteiger partial charge in [0, 0.05) is 6.54 Å². The van der Waals surface area contributed by atoms with Gasteiger partial charge in [-0.2, -0.15) is 0 Å². The van der Waals surface area contributed by atoms with Gasteiger partial charge >= 0.3 is 0 Å². The Morgan fingerprint density at radius 2 is 2.09 bits per heavy atom. The Kier molecular flexibility index (Phi) is 2.74. The fourth-order valence-electron chi connectivity index (χ4n) is 0.849. The summed E-state index contributed by atoms with van der Waals surface area (Å²) < 4.78 is 0. The second-order valence-corrected chi connectivity index (χ2v) is 2.24. The van der Waals surface area contributed by atoms with Crippen molar-refractivity contribution in [2.75, 3.05) is 24.2 Å². The molecule has 0 atom stereocenters. The van der Waals surface area contributed by atoms with E-state index in [1.165, 1.54) is 0 Å². The number of rotatable bonds is 3. The van der Waals surface area contributed by atoms with Crippen molar-refractivity contribution in [2.45, 2.75) is 0 Å². The van der Waals surface area contributed by atoms with E-state index in [2.05, 4.69) is 5.32 Å². The van der Waals surface area contributed by atoms with Crippen molar-refractivity contribution in [3.8, 4) is 0 Å². The highest BCUT2D eigenvalue weighted by atomic mass is 16.3. The molecule has 0 bridgehead atoms. The predicted molar refractivity (Wildman–Crippen MR) is 46.4 cm³/mol. The lowest BCUT2D eigenvalue weighted by atomic mass is 10.3. The van der Waals surface area contributed by atoms with Gasteiger partial charge in [-0.3, -0.25) is 0 Å². The Bertz CT molecular complexity index is 225. The molecule has 1 aromatic rings. The molecule has 0 aliphatic carbocycles. The molecule has 4 N–H and O–H groups in total. The van der Waals surface area contributed by atoms with E-state index in [1.54, 1.807) is 0 Å². The normalized spacial score (nSPS) is 9.55. The summed E-state index contributed by atoms with van der Waals surface area (Å²) in [4.78, 5) is 0. The smallest absolute Gasteiger partial charge is 0.0604 e. The van der Waals surface area contributed by atoms with Gasteiger partial charge in [-0.15, -0.1) is 0 Å². The van der Waals surface area contributed by atoms with Crippen molar-refractivity contribution in [3.05, 3.63) is 24.3 Å². The molecule has 0 radical (unpaired) electrons. The molecule has 0 heterocycles. The first-order chi connectivity index (χ1) is 5.34. The number of hydrogen-bond donors (Lipinski definition) is 3. The number of hydrogen-bond acceptors (Lipinski definition) is 3. The summed E-state index contributed by atoms with van der Waals surface area (Å²) in [5, 5.41) is 11.5. The van der Waals surface area contributed by atoms with Crippen LogP contribution in [0, 0.1) is 0 Å². The lowest BCUT2D eigenvalue weighted by Crippen LogP contribution is -2.06. The first kappa shape index (κ1) is 7.88. The van der Waals surface area contributed by atoms with Crippen LogP contribution in [0.1, 0.15) is 0 Å². The number of nitrogen functional groups attached to an aromatic ring is 1. The van der Waals surface area contributed by atoms with Gasteiger partial charge in [0.15, 0.2) is 0 Å². The van der Waals surface area contributed by atoms with Crippen LogP contribution in [0.15, 0.2) is 24.3 Å². The molecule has 0 fully saturated rings. The van der Waals surface area contributed by atoms with Crippen LogP contribution in [-0.4, -0.2) is 18.3 Å². The molecule has 1 aromatic carbocycles. The molecule has 0 spiro atoms. The van der Waals surface area contributed by atoms with Gasteiger partial charge in [-0.05, 0) is 12.1 Å². The predicted octanol–water partition coefficient (Wildman–Crippen LogP) is 0.673. The van der Waals surface area contributed by atoms with Gasteiger partial charge in [-0.1, -0.05) is 12.1 Å². The number of aliphatic hydroxyl groups is 1. The second kappa shape index (κ2) is 3.83. The Labute approximate surface area is 65.8 Å². The van der Waals surface area contributed by atoms with E-state index in [9.17, 15) is 0 Å². The molecule has 0 saturated heterocycles.